The molecule has 0 spiro atoms. The number of aliphatic carboxylic acids is 1. The minimum atomic E-state index is -0.849. The predicted molar refractivity (Wildman–Crippen MR) is 146 cm³/mol. The van der Waals surface area contributed by atoms with E-state index in [0.29, 0.717) is 30.1 Å². The van der Waals surface area contributed by atoms with Crippen molar-refractivity contribution in [2.45, 2.75) is 103 Å². The van der Waals surface area contributed by atoms with Crippen molar-refractivity contribution in [2.75, 3.05) is 13.1 Å². The van der Waals surface area contributed by atoms with Crippen molar-refractivity contribution in [1.29, 1.82) is 0 Å². The number of likely N-dealkylation sites (tertiary alicyclic amines) is 1. The second-order valence-corrected chi connectivity index (χ2v) is 11.8. The summed E-state index contributed by atoms with van der Waals surface area (Å²) in [6.45, 7) is 13.0. The summed E-state index contributed by atoms with van der Waals surface area (Å²) in [6.07, 6.45) is 16.1. The van der Waals surface area contributed by atoms with Crippen LogP contribution in [-0.2, 0) is 14.3 Å². The van der Waals surface area contributed by atoms with Gasteiger partial charge in [0.2, 0.25) is 0 Å². The number of aliphatic hydroxyl groups excluding tert-OH is 1. The van der Waals surface area contributed by atoms with Gasteiger partial charge in [-0.1, -0.05) is 57.2 Å². The summed E-state index contributed by atoms with van der Waals surface area (Å²) in [5.74, 6) is 0.942. The number of ether oxygens (including phenoxy) is 2. The molecule has 0 aromatic heterocycles. The first-order valence-corrected chi connectivity index (χ1v) is 14.3. The fraction of sp³-hybridized carbons (Fsp3) is 0.710. The molecule has 4 rings (SSSR count). The molecule has 0 radical (unpaired) electrons. The smallest absolute Gasteiger partial charge is 0.305 e. The highest BCUT2D eigenvalue weighted by Crippen LogP contribution is 2.48. The number of carboxylic acid groups (broad SMARTS) is 1. The molecule has 6 heteroatoms. The second-order valence-electron chi connectivity index (χ2n) is 11.8. The molecule has 3 aliphatic heterocycles. The van der Waals surface area contributed by atoms with Crippen LogP contribution in [0, 0.1) is 23.7 Å². The molecule has 0 aromatic carbocycles. The van der Waals surface area contributed by atoms with Crippen LogP contribution in [0.2, 0.25) is 0 Å². The Morgan fingerprint density at radius 3 is 2.59 bits per heavy atom. The molecule has 1 saturated carbocycles. The van der Waals surface area contributed by atoms with Crippen molar-refractivity contribution < 1.29 is 24.5 Å². The molecule has 6 nitrogen and oxygen atoms in total. The molecule has 0 bridgehead atoms. The second kappa shape index (κ2) is 12.4. The number of carbonyl (C=O) groups is 1. The lowest BCUT2D eigenvalue weighted by Crippen LogP contribution is -2.59. The Morgan fingerprint density at radius 2 is 1.95 bits per heavy atom. The number of aliphatic hydroxyl groups is 1. The van der Waals surface area contributed by atoms with E-state index in [-0.39, 0.29) is 30.8 Å². The first kappa shape index (κ1) is 28.3. The monoisotopic (exact) mass is 513 g/mol. The number of hydrogen-bond acceptors (Lipinski definition) is 5. The summed E-state index contributed by atoms with van der Waals surface area (Å²) in [6, 6.07) is -0.0233. The van der Waals surface area contributed by atoms with Gasteiger partial charge in [-0.25, -0.2) is 0 Å². The van der Waals surface area contributed by atoms with Gasteiger partial charge in [0.25, 0.3) is 0 Å². The number of hydrogen-bond donors (Lipinski definition) is 2. The fourth-order valence-electron chi connectivity index (χ4n) is 6.26. The molecule has 3 fully saturated rings. The molecule has 1 aliphatic carbocycles. The average molecular weight is 514 g/mol. The topological polar surface area (TPSA) is 79.2 Å². The maximum atomic E-state index is 11.3. The highest BCUT2D eigenvalue weighted by Gasteiger charge is 2.44. The molecule has 10 atom stereocenters. The molecular weight excluding hydrogens is 466 g/mol. The average Bonchev–Trinajstić information content (AvgIpc) is 3.44. The van der Waals surface area contributed by atoms with Crippen molar-refractivity contribution in [2.24, 2.45) is 23.7 Å². The molecule has 2 saturated heterocycles. The van der Waals surface area contributed by atoms with Crippen LogP contribution in [0.5, 0.6) is 0 Å². The zero-order chi connectivity index (χ0) is 26.7. The number of carboxylic acids is 1. The molecule has 206 valence electrons. The van der Waals surface area contributed by atoms with E-state index in [9.17, 15) is 15.0 Å². The van der Waals surface area contributed by atoms with E-state index in [1.165, 1.54) is 11.1 Å². The number of nitrogens with zero attached hydrogens (tertiary/aromatic N) is 1. The number of rotatable bonds is 10. The van der Waals surface area contributed by atoms with Crippen LogP contribution >= 0.6 is 0 Å². The van der Waals surface area contributed by atoms with Crippen LogP contribution < -0.4 is 0 Å². The van der Waals surface area contributed by atoms with Gasteiger partial charge in [0.15, 0.2) is 0 Å². The van der Waals surface area contributed by atoms with E-state index in [1.807, 2.05) is 6.08 Å². The molecule has 0 amide bonds. The summed E-state index contributed by atoms with van der Waals surface area (Å²) < 4.78 is 12.3. The Labute approximate surface area is 223 Å². The summed E-state index contributed by atoms with van der Waals surface area (Å²) in [5, 5.41) is 20.3. The SMILES string of the molecule is CC[C@H]1O[C@@H](C(C)=C[C@H](C)C=C[C@H]2[C@@H](C)[C@@H]2C=C[C@@H]2O[C@H](CC(=O)O)CC(N3CCC3)[C@H]2O)CC=C1C. The predicted octanol–water partition coefficient (Wildman–Crippen LogP) is 5.14. The molecule has 1 unspecified atom stereocenters. The van der Waals surface area contributed by atoms with E-state index in [4.69, 9.17) is 9.47 Å². The first-order chi connectivity index (χ1) is 17.7. The van der Waals surface area contributed by atoms with Gasteiger partial charge >= 0.3 is 5.97 Å². The number of allylic oxidation sites excluding steroid dienone is 4. The highest BCUT2D eigenvalue weighted by atomic mass is 16.5. The Balaban J connectivity index is 1.32. The minimum absolute atomic E-state index is 0.0156. The van der Waals surface area contributed by atoms with Crippen molar-refractivity contribution in [3.05, 3.63) is 47.6 Å². The van der Waals surface area contributed by atoms with Crippen LogP contribution in [0.15, 0.2) is 47.6 Å². The third kappa shape index (κ3) is 7.03. The quantitative estimate of drug-likeness (QED) is 0.394. The largest absolute Gasteiger partial charge is 0.481 e. The van der Waals surface area contributed by atoms with Crippen LogP contribution in [0.4, 0.5) is 0 Å². The Morgan fingerprint density at radius 1 is 1.22 bits per heavy atom. The van der Waals surface area contributed by atoms with Gasteiger partial charge < -0.3 is 19.7 Å². The lowest BCUT2D eigenvalue weighted by Gasteiger charge is -2.47. The van der Waals surface area contributed by atoms with Gasteiger partial charge in [0, 0.05) is 6.04 Å². The third-order valence-electron chi connectivity index (χ3n) is 8.92. The van der Waals surface area contributed by atoms with Gasteiger partial charge in [-0.2, -0.15) is 0 Å². The van der Waals surface area contributed by atoms with Crippen molar-refractivity contribution in [3.63, 3.8) is 0 Å². The van der Waals surface area contributed by atoms with E-state index in [2.05, 4.69) is 69.9 Å². The molecule has 2 N–H and O–H groups in total. The van der Waals surface area contributed by atoms with Crippen LogP contribution in [-0.4, -0.2) is 70.7 Å². The van der Waals surface area contributed by atoms with Crippen molar-refractivity contribution >= 4 is 5.97 Å². The van der Waals surface area contributed by atoms with Gasteiger partial charge in [-0.05, 0) is 87.4 Å². The van der Waals surface area contributed by atoms with Gasteiger partial charge in [0.05, 0.1) is 30.8 Å². The van der Waals surface area contributed by atoms with Crippen LogP contribution in [0.25, 0.3) is 0 Å². The summed E-state index contributed by atoms with van der Waals surface area (Å²) in [7, 11) is 0. The minimum Gasteiger partial charge on any atom is -0.481 e. The van der Waals surface area contributed by atoms with Gasteiger partial charge in [0.1, 0.15) is 6.10 Å². The lowest BCUT2D eigenvalue weighted by atomic mass is 9.90. The molecule has 0 aromatic rings. The van der Waals surface area contributed by atoms with E-state index >= 15 is 0 Å². The van der Waals surface area contributed by atoms with Gasteiger partial charge in [-0.15, -0.1) is 0 Å². The highest BCUT2D eigenvalue weighted by molar-refractivity contribution is 5.67. The normalized spacial score (nSPS) is 40.0. The van der Waals surface area contributed by atoms with E-state index < -0.39 is 18.2 Å². The Hall–Kier alpha value is -1.73. The summed E-state index contributed by atoms with van der Waals surface area (Å²) in [5.41, 5.74) is 2.65. The Bertz CT molecular complexity index is 919. The zero-order valence-electron chi connectivity index (χ0n) is 23.3. The molecular formula is C31H47NO5. The maximum absolute atomic E-state index is 11.3. The fourth-order valence-corrected chi connectivity index (χ4v) is 6.26. The van der Waals surface area contributed by atoms with Gasteiger partial charge in [-0.3, -0.25) is 9.69 Å². The maximum Gasteiger partial charge on any atom is 0.305 e. The van der Waals surface area contributed by atoms with Crippen molar-refractivity contribution in [3.8, 4) is 0 Å². The first-order valence-electron chi connectivity index (χ1n) is 14.3. The van der Waals surface area contributed by atoms with Crippen LogP contribution in [0.1, 0.15) is 66.7 Å². The Kier molecular flexibility index (Phi) is 9.49. The molecule has 3 heterocycles. The summed E-state index contributed by atoms with van der Waals surface area (Å²) in [4.78, 5) is 13.6. The van der Waals surface area contributed by atoms with Crippen molar-refractivity contribution in [1.82, 2.24) is 4.90 Å². The van der Waals surface area contributed by atoms with Crippen LogP contribution in [0.3, 0.4) is 0 Å². The third-order valence-corrected chi connectivity index (χ3v) is 8.92. The lowest BCUT2D eigenvalue weighted by molar-refractivity contribution is -0.159. The van der Waals surface area contributed by atoms with E-state index in [1.54, 1.807) is 0 Å². The van der Waals surface area contributed by atoms with E-state index in [0.717, 1.165) is 32.4 Å². The zero-order valence-corrected chi connectivity index (χ0v) is 23.3. The summed E-state index contributed by atoms with van der Waals surface area (Å²) >= 11 is 0. The molecule has 37 heavy (non-hydrogen) atoms. The molecule has 4 aliphatic rings. The standard InChI is InChI=1S/C31H47NO5/c1-6-27-20(3)9-12-28(37-27)21(4)16-19(2)8-10-24-22(5)25(24)11-13-29-31(35)26(32-14-7-15-32)17-23(36-29)18-30(33)34/h8-11,13,16,19,22-29,31,35H,6-7,12,14-15,17-18H2,1-5H3,(H,33,34)/t19-,22-,23+,24+,25+,26?,27-,28-,29+,31-/m1/s1.